The molecule has 0 unspecified atom stereocenters. The fourth-order valence-corrected chi connectivity index (χ4v) is 2.52. The van der Waals surface area contributed by atoms with E-state index in [1.807, 2.05) is 4.90 Å². The first-order chi connectivity index (χ1) is 6.86. The summed E-state index contributed by atoms with van der Waals surface area (Å²) in [6.45, 7) is 3.45. The van der Waals surface area contributed by atoms with E-state index in [-0.39, 0.29) is 17.0 Å². The summed E-state index contributed by atoms with van der Waals surface area (Å²) >= 11 is 0. The number of nitrogens with one attached hydrogen (secondary N) is 1. The van der Waals surface area contributed by atoms with Gasteiger partial charge in [-0.25, -0.2) is 0 Å². The smallest absolute Gasteiger partial charge is 0.236 e. The third-order valence-corrected chi connectivity index (χ3v) is 3.39. The molecule has 3 nitrogen and oxygen atoms in total. The van der Waals surface area contributed by atoms with Gasteiger partial charge >= 0.3 is 0 Å². The van der Waals surface area contributed by atoms with E-state index in [2.05, 4.69) is 5.32 Å². The van der Waals surface area contributed by atoms with Crippen LogP contribution >= 0.6 is 17.0 Å². The van der Waals surface area contributed by atoms with Gasteiger partial charge < -0.3 is 10.2 Å². The van der Waals surface area contributed by atoms with Gasteiger partial charge in [-0.1, -0.05) is 19.3 Å². The fourth-order valence-electron chi connectivity index (χ4n) is 2.52. The molecule has 0 atom stereocenters. The number of nitrogens with zero attached hydrogens (tertiary/aromatic N) is 1. The van der Waals surface area contributed by atoms with Crippen molar-refractivity contribution in [3.63, 3.8) is 0 Å². The number of hydrogen-bond donors (Lipinski definition) is 1. The topological polar surface area (TPSA) is 32.3 Å². The fraction of sp³-hybridized carbons (Fsp3) is 0.909. The molecule has 0 bridgehead atoms. The predicted octanol–water partition coefficient (Wildman–Crippen LogP) is 1.58. The van der Waals surface area contributed by atoms with Gasteiger partial charge in [-0.05, 0) is 18.8 Å². The summed E-state index contributed by atoms with van der Waals surface area (Å²) in [6, 6.07) is 0. The monoisotopic (exact) mass is 276 g/mol. The number of halogens is 1. The summed E-state index contributed by atoms with van der Waals surface area (Å²) in [6.07, 6.45) is 6.79. The van der Waals surface area contributed by atoms with Gasteiger partial charge in [-0.15, -0.1) is 17.0 Å². The van der Waals surface area contributed by atoms with Crippen molar-refractivity contribution in [1.29, 1.82) is 0 Å². The molecule has 0 spiro atoms. The van der Waals surface area contributed by atoms with E-state index in [9.17, 15) is 4.79 Å². The van der Waals surface area contributed by atoms with Crippen molar-refractivity contribution in [2.24, 2.45) is 5.92 Å². The number of hydrogen-bond acceptors (Lipinski definition) is 2. The largest absolute Gasteiger partial charge is 0.340 e. The van der Waals surface area contributed by atoms with Gasteiger partial charge in [-0.3, -0.25) is 4.79 Å². The summed E-state index contributed by atoms with van der Waals surface area (Å²) in [5, 5.41) is 3.11. The van der Waals surface area contributed by atoms with Crippen molar-refractivity contribution in [3.8, 4) is 0 Å². The molecule has 2 aliphatic rings. The maximum atomic E-state index is 11.5. The number of rotatable bonds is 2. The van der Waals surface area contributed by atoms with Crippen molar-refractivity contribution < 1.29 is 4.79 Å². The Morgan fingerprint density at radius 2 is 2.00 bits per heavy atom. The second-order valence-corrected chi connectivity index (χ2v) is 4.52. The van der Waals surface area contributed by atoms with Crippen LogP contribution in [0.1, 0.15) is 32.1 Å². The van der Waals surface area contributed by atoms with Gasteiger partial charge in [0, 0.05) is 19.6 Å². The van der Waals surface area contributed by atoms with Crippen LogP contribution in [-0.2, 0) is 4.79 Å². The molecule has 4 heteroatoms. The quantitative estimate of drug-likeness (QED) is 0.831. The number of piperazine rings is 1. The van der Waals surface area contributed by atoms with Crippen LogP contribution in [0.5, 0.6) is 0 Å². The predicted molar refractivity (Wildman–Crippen MR) is 66.3 cm³/mol. The molecule has 1 aliphatic heterocycles. The summed E-state index contributed by atoms with van der Waals surface area (Å²) in [5.74, 6) is 1.08. The van der Waals surface area contributed by atoms with Crippen LogP contribution in [0.15, 0.2) is 0 Å². The first-order valence-electron chi connectivity index (χ1n) is 5.85. The normalized spacial score (nSPS) is 23.7. The molecule has 1 saturated heterocycles. The van der Waals surface area contributed by atoms with Crippen LogP contribution in [0.3, 0.4) is 0 Å². The van der Waals surface area contributed by atoms with Crippen molar-refractivity contribution >= 4 is 22.9 Å². The summed E-state index contributed by atoms with van der Waals surface area (Å²) < 4.78 is 0. The summed E-state index contributed by atoms with van der Waals surface area (Å²) in [7, 11) is 0. The third kappa shape index (κ3) is 3.76. The Balaban J connectivity index is 0.00000112. The highest BCUT2D eigenvalue weighted by Crippen LogP contribution is 2.24. The lowest BCUT2D eigenvalue weighted by atomic mass is 9.89. The van der Waals surface area contributed by atoms with E-state index in [0.29, 0.717) is 12.5 Å². The zero-order chi connectivity index (χ0) is 9.80. The van der Waals surface area contributed by atoms with Crippen LogP contribution in [0.4, 0.5) is 0 Å². The molecule has 2 rings (SSSR count). The van der Waals surface area contributed by atoms with E-state index in [1.165, 1.54) is 32.1 Å². The Hall–Kier alpha value is -0.0900. The molecule has 0 aromatic carbocycles. The molecule has 0 aromatic rings. The Kier molecular flexibility index (Phi) is 5.61. The molecule has 1 heterocycles. The van der Waals surface area contributed by atoms with E-state index in [4.69, 9.17) is 0 Å². The number of amides is 1. The maximum absolute atomic E-state index is 11.5. The molecular formula is C11H21BrN2O. The number of carbonyl (C=O) groups is 1. The molecule has 1 aliphatic carbocycles. The summed E-state index contributed by atoms with van der Waals surface area (Å²) in [5.41, 5.74) is 0. The lowest BCUT2D eigenvalue weighted by molar-refractivity contribution is -0.132. The van der Waals surface area contributed by atoms with E-state index >= 15 is 0 Å². The first-order valence-corrected chi connectivity index (χ1v) is 5.85. The Bertz CT molecular complexity index is 205. The Morgan fingerprint density at radius 3 is 2.67 bits per heavy atom. The van der Waals surface area contributed by atoms with Crippen molar-refractivity contribution in [3.05, 3.63) is 0 Å². The average molecular weight is 277 g/mol. The van der Waals surface area contributed by atoms with Crippen LogP contribution < -0.4 is 5.32 Å². The molecule has 0 aromatic heterocycles. The second kappa shape index (κ2) is 6.48. The lowest BCUT2D eigenvalue weighted by Gasteiger charge is -2.32. The van der Waals surface area contributed by atoms with Gasteiger partial charge in [0.15, 0.2) is 0 Å². The second-order valence-electron chi connectivity index (χ2n) is 4.52. The molecule has 15 heavy (non-hydrogen) atoms. The molecule has 1 amide bonds. The third-order valence-electron chi connectivity index (χ3n) is 3.39. The Labute approximate surface area is 102 Å². The average Bonchev–Trinajstić information content (AvgIpc) is 2.23. The molecular weight excluding hydrogens is 256 g/mol. The van der Waals surface area contributed by atoms with Gasteiger partial charge in [0.05, 0.1) is 6.54 Å². The number of carbonyl (C=O) groups excluding carboxylic acids is 1. The first kappa shape index (κ1) is 13.0. The van der Waals surface area contributed by atoms with E-state index < -0.39 is 0 Å². The van der Waals surface area contributed by atoms with E-state index in [1.54, 1.807) is 0 Å². The van der Waals surface area contributed by atoms with E-state index in [0.717, 1.165) is 25.6 Å². The molecule has 1 N–H and O–H groups in total. The molecule has 0 radical (unpaired) electrons. The minimum atomic E-state index is 0. The van der Waals surface area contributed by atoms with Gasteiger partial charge in [0.25, 0.3) is 0 Å². The zero-order valence-electron chi connectivity index (χ0n) is 9.21. The molecule has 88 valence electrons. The van der Waals surface area contributed by atoms with Gasteiger partial charge in [0.2, 0.25) is 5.91 Å². The molecule has 2 fully saturated rings. The minimum absolute atomic E-state index is 0. The van der Waals surface area contributed by atoms with Crippen molar-refractivity contribution in [1.82, 2.24) is 10.2 Å². The standard InChI is InChI=1S/C11H20N2O.BrH/c14-11-8-12-6-7-13(11)9-10-4-2-1-3-5-10;/h10,12H,1-9H2;1H. The summed E-state index contributed by atoms with van der Waals surface area (Å²) in [4.78, 5) is 13.6. The van der Waals surface area contributed by atoms with Crippen LogP contribution in [0.2, 0.25) is 0 Å². The highest BCUT2D eigenvalue weighted by Gasteiger charge is 2.22. The van der Waals surface area contributed by atoms with Crippen LogP contribution in [-0.4, -0.2) is 37.0 Å². The van der Waals surface area contributed by atoms with Gasteiger partial charge in [0.1, 0.15) is 0 Å². The minimum Gasteiger partial charge on any atom is -0.340 e. The van der Waals surface area contributed by atoms with Crippen molar-refractivity contribution in [2.75, 3.05) is 26.2 Å². The SMILES string of the molecule is Br.O=C1CNCCN1CC1CCCCC1. The van der Waals surface area contributed by atoms with Crippen LogP contribution in [0.25, 0.3) is 0 Å². The van der Waals surface area contributed by atoms with Crippen molar-refractivity contribution in [2.45, 2.75) is 32.1 Å². The highest BCUT2D eigenvalue weighted by atomic mass is 79.9. The lowest BCUT2D eigenvalue weighted by Crippen LogP contribution is -2.49. The molecule has 1 saturated carbocycles. The van der Waals surface area contributed by atoms with Gasteiger partial charge in [-0.2, -0.15) is 0 Å². The van der Waals surface area contributed by atoms with Crippen LogP contribution in [0, 0.1) is 5.92 Å². The Morgan fingerprint density at radius 1 is 1.27 bits per heavy atom. The maximum Gasteiger partial charge on any atom is 0.236 e. The highest BCUT2D eigenvalue weighted by molar-refractivity contribution is 8.93. The zero-order valence-corrected chi connectivity index (χ0v) is 10.9.